The molecule has 0 saturated heterocycles. The van der Waals surface area contributed by atoms with Crippen LogP contribution in [0.25, 0.3) is 5.69 Å². The molecule has 0 aliphatic carbocycles. The molecule has 0 aliphatic heterocycles. The number of methoxy groups -OCH3 is 2. The van der Waals surface area contributed by atoms with Gasteiger partial charge in [0.1, 0.15) is 17.2 Å². The Morgan fingerprint density at radius 2 is 1.92 bits per heavy atom. The van der Waals surface area contributed by atoms with Crippen LogP contribution < -0.4 is 20.5 Å². The Kier molecular flexibility index (Phi) is 5.02. The van der Waals surface area contributed by atoms with Crippen molar-refractivity contribution in [1.29, 1.82) is 0 Å². The van der Waals surface area contributed by atoms with Crippen molar-refractivity contribution >= 4 is 11.7 Å². The average molecular weight is 353 g/mol. The van der Waals surface area contributed by atoms with Crippen LogP contribution in [0.4, 0.5) is 5.82 Å². The smallest absolute Gasteiger partial charge is 0.275 e. The number of rotatable bonds is 6. The molecule has 0 aliphatic rings. The van der Waals surface area contributed by atoms with E-state index in [0.29, 0.717) is 23.7 Å². The van der Waals surface area contributed by atoms with E-state index >= 15 is 0 Å². The second-order valence-corrected chi connectivity index (χ2v) is 5.44. The van der Waals surface area contributed by atoms with Gasteiger partial charge in [0.25, 0.3) is 5.91 Å². The number of carbonyl (C=O) groups excluding carboxylic acids is 1. The predicted octanol–water partition coefficient (Wildman–Crippen LogP) is 1.80. The normalized spacial score (nSPS) is 10.4. The summed E-state index contributed by atoms with van der Waals surface area (Å²) in [4.78, 5) is 12.4. The largest absolute Gasteiger partial charge is 0.497 e. The maximum Gasteiger partial charge on any atom is 0.275 e. The van der Waals surface area contributed by atoms with Crippen molar-refractivity contribution in [3.63, 3.8) is 0 Å². The molecule has 8 nitrogen and oxygen atoms in total. The molecular weight excluding hydrogens is 334 g/mol. The Hall–Kier alpha value is -3.55. The number of anilines is 1. The minimum atomic E-state index is -0.403. The highest BCUT2D eigenvalue weighted by Gasteiger charge is 2.20. The molecule has 8 heteroatoms. The van der Waals surface area contributed by atoms with Crippen molar-refractivity contribution in [2.24, 2.45) is 0 Å². The monoisotopic (exact) mass is 353 g/mol. The number of ether oxygens (including phenoxy) is 2. The molecule has 134 valence electrons. The zero-order chi connectivity index (χ0) is 18.5. The number of nitrogen functional groups attached to an aromatic ring is 1. The van der Waals surface area contributed by atoms with Crippen molar-refractivity contribution in [2.45, 2.75) is 6.54 Å². The van der Waals surface area contributed by atoms with E-state index in [9.17, 15) is 4.79 Å². The third-order valence-corrected chi connectivity index (χ3v) is 3.83. The van der Waals surface area contributed by atoms with Gasteiger partial charge in [-0.15, -0.1) is 5.10 Å². The van der Waals surface area contributed by atoms with Gasteiger partial charge in [-0.3, -0.25) is 4.79 Å². The molecule has 0 saturated carbocycles. The first-order valence-corrected chi connectivity index (χ1v) is 7.89. The highest BCUT2D eigenvalue weighted by Crippen LogP contribution is 2.29. The number of nitrogens with one attached hydrogen (secondary N) is 1. The summed E-state index contributed by atoms with van der Waals surface area (Å²) >= 11 is 0. The van der Waals surface area contributed by atoms with Crippen LogP contribution in [0, 0.1) is 0 Å². The fourth-order valence-electron chi connectivity index (χ4n) is 2.45. The maximum absolute atomic E-state index is 12.4. The van der Waals surface area contributed by atoms with Gasteiger partial charge < -0.3 is 20.5 Å². The maximum atomic E-state index is 12.4. The number of carbonyl (C=O) groups is 1. The van der Waals surface area contributed by atoms with Gasteiger partial charge in [0.15, 0.2) is 11.5 Å². The van der Waals surface area contributed by atoms with Crippen molar-refractivity contribution in [1.82, 2.24) is 20.3 Å². The molecule has 0 radical (unpaired) electrons. The van der Waals surface area contributed by atoms with Gasteiger partial charge in [0.2, 0.25) is 0 Å². The summed E-state index contributed by atoms with van der Waals surface area (Å²) in [5.74, 6) is 0.839. The molecule has 3 aromatic rings. The van der Waals surface area contributed by atoms with Crippen LogP contribution in [0.5, 0.6) is 11.5 Å². The lowest BCUT2D eigenvalue weighted by Gasteiger charge is -2.11. The van der Waals surface area contributed by atoms with Crippen molar-refractivity contribution in [2.75, 3.05) is 20.0 Å². The van der Waals surface area contributed by atoms with E-state index < -0.39 is 5.91 Å². The number of amides is 1. The van der Waals surface area contributed by atoms with Gasteiger partial charge >= 0.3 is 0 Å². The van der Waals surface area contributed by atoms with Crippen LogP contribution in [0.1, 0.15) is 16.1 Å². The molecule has 1 aromatic heterocycles. The Morgan fingerprint density at radius 1 is 1.15 bits per heavy atom. The van der Waals surface area contributed by atoms with E-state index in [1.807, 2.05) is 30.3 Å². The minimum absolute atomic E-state index is 0.0470. The van der Waals surface area contributed by atoms with Crippen LogP contribution in [-0.2, 0) is 6.54 Å². The van der Waals surface area contributed by atoms with E-state index in [0.717, 1.165) is 5.56 Å². The highest BCUT2D eigenvalue weighted by molar-refractivity contribution is 5.96. The molecule has 1 heterocycles. The van der Waals surface area contributed by atoms with Gasteiger partial charge in [0, 0.05) is 12.6 Å². The van der Waals surface area contributed by atoms with Crippen molar-refractivity contribution in [3.8, 4) is 17.2 Å². The lowest BCUT2D eigenvalue weighted by Crippen LogP contribution is -2.24. The summed E-state index contributed by atoms with van der Waals surface area (Å²) in [6.07, 6.45) is 0. The Morgan fingerprint density at radius 3 is 2.62 bits per heavy atom. The molecule has 0 spiro atoms. The zero-order valence-corrected chi connectivity index (χ0v) is 14.5. The molecule has 0 unspecified atom stereocenters. The van der Waals surface area contributed by atoms with Crippen LogP contribution in [0.2, 0.25) is 0 Å². The molecule has 0 bridgehead atoms. The van der Waals surface area contributed by atoms with E-state index in [1.165, 1.54) is 11.8 Å². The molecular formula is C18H19N5O3. The standard InChI is InChI=1S/C18H19N5O3/c1-25-13-8-9-15(26-2)14(10-13)23-17(19)16(21-22-23)18(24)20-11-12-6-4-3-5-7-12/h3-10H,11,19H2,1-2H3,(H,20,24). The molecule has 0 fully saturated rings. The summed E-state index contributed by atoms with van der Waals surface area (Å²) in [5.41, 5.74) is 7.65. The number of benzene rings is 2. The molecule has 26 heavy (non-hydrogen) atoms. The SMILES string of the molecule is COc1ccc(OC)c(-n2nnc(C(=O)NCc3ccccc3)c2N)c1. The summed E-state index contributed by atoms with van der Waals surface area (Å²) < 4.78 is 11.9. The molecule has 0 atom stereocenters. The van der Waals surface area contributed by atoms with E-state index in [-0.39, 0.29) is 11.5 Å². The molecule has 1 amide bonds. The molecule has 2 aromatic carbocycles. The van der Waals surface area contributed by atoms with Crippen LogP contribution >= 0.6 is 0 Å². The lowest BCUT2D eigenvalue weighted by atomic mass is 10.2. The van der Waals surface area contributed by atoms with Gasteiger partial charge in [-0.2, -0.15) is 4.68 Å². The number of aromatic nitrogens is 3. The first-order valence-electron chi connectivity index (χ1n) is 7.89. The summed E-state index contributed by atoms with van der Waals surface area (Å²) in [5, 5.41) is 10.7. The summed E-state index contributed by atoms with van der Waals surface area (Å²) in [6, 6.07) is 14.7. The predicted molar refractivity (Wildman–Crippen MR) is 96.5 cm³/mol. The Bertz CT molecular complexity index is 908. The first kappa shape index (κ1) is 17.3. The van der Waals surface area contributed by atoms with Gasteiger partial charge in [-0.1, -0.05) is 35.5 Å². The number of nitrogens with two attached hydrogens (primary N) is 1. The zero-order valence-electron chi connectivity index (χ0n) is 14.5. The lowest BCUT2D eigenvalue weighted by molar-refractivity contribution is 0.0946. The Labute approximate surface area is 150 Å². The number of hydrogen-bond acceptors (Lipinski definition) is 6. The van der Waals surface area contributed by atoms with Gasteiger partial charge in [0.05, 0.1) is 14.2 Å². The van der Waals surface area contributed by atoms with Crippen molar-refractivity contribution in [3.05, 3.63) is 59.8 Å². The van der Waals surface area contributed by atoms with Crippen molar-refractivity contribution < 1.29 is 14.3 Å². The van der Waals surface area contributed by atoms with E-state index in [1.54, 1.807) is 25.3 Å². The van der Waals surface area contributed by atoms with Gasteiger partial charge in [-0.25, -0.2) is 0 Å². The summed E-state index contributed by atoms with van der Waals surface area (Å²) in [6.45, 7) is 0.369. The topological polar surface area (TPSA) is 104 Å². The first-order chi connectivity index (χ1) is 12.6. The average Bonchev–Trinajstić information content (AvgIpc) is 3.07. The minimum Gasteiger partial charge on any atom is -0.497 e. The van der Waals surface area contributed by atoms with Crippen LogP contribution in [0.15, 0.2) is 48.5 Å². The molecule has 3 N–H and O–H groups in total. The van der Waals surface area contributed by atoms with Crippen LogP contribution in [-0.4, -0.2) is 35.1 Å². The van der Waals surface area contributed by atoms with Gasteiger partial charge in [-0.05, 0) is 17.7 Å². The number of hydrogen-bond donors (Lipinski definition) is 2. The van der Waals surface area contributed by atoms with Crippen LogP contribution in [0.3, 0.4) is 0 Å². The van der Waals surface area contributed by atoms with E-state index in [4.69, 9.17) is 15.2 Å². The number of nitrogens with zero attached hydrogens (tertiary/aromatic N) is 3. The quantitative estimate of drug-likeness (QED) is 0.700. The second-order valence-electron chi connectivity index (χ2n) is 5.44. The third-order valence-electron chi connectivity index (χ3n) is 3.83. The third kappa shape index (κ3) is 3.44. The fraction of sp³-hybridized carbons (Fsp3) is 0.167. The second kappa shape index (κ2) is 7.56. The summed E-state index contributed by atoms with van der Waals surface area (Å²) in [7, 11) is 3.09. The fourth-order valence-corrected chi connectivity index (χ4v) is 2.45. The highest BCUT2D eigenvalue weighted by atomic mass is 16.5. The molecule has 3 rings (SSSR count). The Balaban J connectivity index is 1.85. The van der Waals surface area contributed by atoms with E-state index in [2.05, 4.69) is 15.6 Å².